The van der Waals surface area contributed by atoms with Gasteiger partial charge in [-0.2, -0.15) is 0 Å². The van der Waals surface area contributed by atoms with Crippen molar-refractivity contribution in [2.24, 2.45) is 0 Å². The molecular formula is C19H23NO2. The SMILES string of the molecule is CCCCCCOc1cccc(NC(=O)c2ccccc2)c1. The van der Waals surface area contributed by atoms with Gasteiger partial charge < -0.3 is 10.1 Å². The van der Waals surface area contributed by atoms with Crippen molar-refractivity contribution < 1.29 is 9.53 Å². The fourth-order valence-corrected chi connectivity index (χ4v) is 2.18. The van der Waals surface area contributed by atoms with E-state index < -0.39 is 0 Å². The van der Waals surface area contributed by atoms with Gasteiger partial charge in [0.2, 0.25) is 0 Å². The summed E-state index contributed by atoms with van der Waals surface area (Å²) in [7, 11) is 0. The van der Waals surface area contributed by atoms with Crippen molar-refractivity contribution in [3.05, 3.63) is 60.2 Å². The number of carbonyl (C=O) groups is 1. The van der Waals surface area contributed by atoms with Gasteiger partial charge in [0, 0.05) is 17.3 Å². The van der Waals surface area contributed by atoms with Gasteiger partial charge in [-0.25, -0.2) is 0 Å². The maximum Gasteiger partial charge on any atom is 0.255 e. The third-order valence-electron chi connectivity index (χ3n) is 3.39. The molecule has 0 unspecified atom stereocenters. The number of hydrogen-bond donors (Lipinski definition) is 1. The Morgan fingerprint density at radius 2 is 1.82 bits per heavy atom. The molecule has 0 aliphatic rings. The number of unbranched alkanes of at least 4 members (excludes halogenated alkanes) is 3. The molecule has 1 amide bonds. The number of benzene rings is 2. The summed E-state index contributed by atoms with van der Waals surface area (Å²) in [5, 5.41) is 2.89. The van der Waals surface area contributed by atoms with Crippen LogP contribution in [0.3, 0.4) is 0 Å². The molecule has 2 rings (SSSR count). The molecule has 3 nitrogen and oxygen atoms in total. The summed E-state index contributed by atoms with van der Waals surface area (Å²) in [6.07, 6.45) is 4.73. The van der Waals surface area contributed by atoms with E-state index in [0.717, 1.165) is 24.5 Å². The zero-order chi connectivity index (χ0) is 15.6. The number of rotatable bonds is 8. The summed E-state index contributed by atoms with van der Waals surface area (Å²) in [5.74, 6) is 0.683. The number of amides is 1. The lowest BCUT2D eigenvalue weighted by Gasteiger charge is -2.09. The second kappa shape index (κ2) is 8.88. The molecule has 3 heteroatoms. The first-order valence-electron chi connectivity index (χ1n) is 7.89. The van der Waals surface area contributed by atoms with Crippen LogP contribution in [0.15, 0.2) is 54.6 Å². The molecule has 0 fully saturated rings. The summed E-state index contributed by atoms with van der Waals surface area (Å²) in [6, 6.07) is 16.7. The van der Waals surface area contributed by atoms with Crippen LogP contribution < -0.4 is 10.1 Å². The maximum absolute atomic E-state index is 12.1. The van der Waals surface area contributed by atoms with Gasteiger partial charge in [-0.3, -0.25) is 4.79 Å². The molecule has 0 saturated carbocycles. The third kappa shape index (κ3) is 5.24. The normalized spacial score (nSPS) is 10.2. The van der Waals surface area contributed by atoms with Crippen molar-refractivity contribution in [1.29, 1.82) is 0 Å². The third-order valence-corrected chi connectivity index (χ3v) is 3.39. The standard InChI is InChI=1S/C19H23NO2/c1-2-3-4-8-14-22-18-13-9-12-17(15-18)20-19(21)16-10-6-5-7-11-16/h5-7,9-13,15H,2-4,8,14H2,1H3,(H,20,21). The average Bonchev–Trinajstić information content (AvgIpc) is 2.56. The van der Waals surface area contributed by atoms with Gasteiger partial charge in [0.1, 0.15) is 5.75 Å². The van der Waals surface area contributed by atoms with Crippen LogP contribution in [0.1, 0.15) is 43.0 Å². The lowest BCUT2D eigenvalue weighted by Crippen LogP contribution is -2.11. The molecule has 1 N–H and O–H groups in total. The largest absolute Gasteiger partial charge is 0.494 e. The first-order valence-corrected chi connectivity index (χ1v) is 7.89. The van der Waals surface area contributed by atoms with E-state index in [1.807, 2.05) is 42.5 Å². The van der Waals surface area contributed by atoms with E-state index in [9.17, 15) is 4.79 Å². The zero-order valence-corrected chi connectivity index (χ0v) is 13.0. The Morgan fingerprint density at radius 1 is 1.00 bits per heavy atom. The predicted molar refractivity (Wildman–Crippen MR) is 90.5 cm³/mol. The van der Waals surface area contributed by atoms with Crippen molar-refractivity contribution in [2.75, 3.05) is 11.9 Å². The highest BCUT2D eigenvalue weighted by Gasteiger charge is 2.05. The van der Waals surface area contributed by atoms with E-state index in [1.54, 1.807) is 12.1 Å². The van der Waals surface area contributed by atoms with Crippen molar-refractivity contribution in [3.63, 3.8) is 0 Å². The first kappa shape index (κ1) is 16.1. The van der Waals surface area contributed by atoms with E-state index in [-0.39, 0.29) is 5.91 Å². The molecule has 2 aromatic carbocycles. The van der Waals surface area contributed by atoms with E-state index in [4.69, 9.17) is 4.74 Å². The fourth-order valence-electron chi connectivity index (χ4n) is 2.18. The van der Waals surface area contributed by atoms with Crippen molar-refractivity contribution in [3.8, 4) is 5.75 Å². The molecule has 0 atom stereocenters. The minimum Gasteiger partial charge on any atom is -0.494 e. The molecule has 0 aromatic heterocycles. The van der Waals surface area contributed by atoms with Crippen LogP contribution in [0.2, 0.25) is 0 Å². The number of nitrogens with one attached hydrogen (secondary N) is 1. The van der Waals surface area contributed by atoms with E-state index in [0.29, 0.717) is 5.56 Å². The summed E-state index contributed by atoms with van der Waals surface area (Å²) in [5.41, 5.74) is 1.40. The molecule has 0 aliphatic heterocycles. The van der Waals surface area contributed by atoms with Gasteiger partial charge >= 0.3 is 0 Å². The topological polar surface area (TPSA) is 38.3 Å². The van der Waals surface area contributed by atoms with E-state index in [2.05, 4.69) is 12.2 Å². The van der Waals surface area contributed by atoms with Gasteiger partial charge in [-0.15, -0.1) is 0 Å². The average molecular weight is 297 g/mol. The molecule has 116 valence electrons. The van der Waals surface area contributed by atoms with Crippen LogP contribution in [0, 0.1) is 0 Å². The second-order valence-electron chi connectivity index (χ2n) is 5.26. The highest BCUT2D eigenvalue weighted by Crippen LogP contribution is 2.18. The molecule has 0 spiro atoms. The summed E-state index contributed by atoms with van der Waals surface area (Å²) in [6.45, 7) is 2.91. The number of anilines is 1. The van der Waals surface area contributed by atoms with Crippen molar-refractivity contribution in [2.45, 2.75) is 32.6 Å². The van der Waals surface area contributed by atoms with Gasteiger partial charge in [0.25, 0.3) is 5.91 Å². The Labute approximate surface area is 132 Å². The molecule has 0 heterocycles. The highest BCUT2D eigenvalue weighted by molar-refractivity contribution is 6.04. The number of carbonyl (C=O) groups excluding carboxylic acids is 1. The lowest BCUT2D eigenvalue weighted by molar-refractivity contribution is 0.102. The molecular weight excluding hydrogens is 274 g/mol. The van der Waals surface area contributed by atoms with Crippen molar-refractivity contribution >= 4 is 11.6 Å². The van der Waals surface area contributed by atoms with Crippen LogP contribution in [0.25, 0.3) is 0 Å². The second-order valence-corrected chi connectivity index (χ2v) is 5.26. The molecule has 2 aromatic rings. The monoisotopic (exact) mass is 297 g/mol. The predicted octanol–water partition coefficient (Wildman–Crippen LogP) is 4.90. The molecule has 0 aliphatic carbocycles. The van der Waals surface area contributed by atoms with Gasteiger partial charge in [-0.1, -0.05) is 50.5 Å². The van der Waals surface area contributed by atoms with Gasteiger partial charge in [-0.05, 0) is 30.7 Å². The Bertz CT molecular complexity index is 581. The Morgan fingerprint density at radius 3 is 2.59 bits per heavy atom. The molecule has 22 heavy (non-hydrogen) atoms. The van der Waals surface area contributed by atoms with Crippen LogP contribution in [-0.2, 0) is 0 Å². The Hall–Kier alpha value is -2.29. The van der Waals surface area contributed by atoms with Crippen molar-refractivity contribution in [1.82, 2.24) is 0 Å². The van der Waals surface area contributed by atoms with Crippen LogP contribution in [0.4, 0.5) is 5.69 Å². The van der Waals surface area contributed by atoms with Crippen LogP contribution >= 0.6 is 0 Å². The lowest BCUT2D eigenvalue weighted by atomic mass is 10.2. The van der Waals surface area contributed by atoms with Gasteiger partial charge in [0.05, 0.1) is 6.61 Å². The number of hydrogen-bond acceptors (Lipinski definition) is 2. The smallest absolute Gasteiger partial charge is 0.255 e. The minimum atomic E-state index is -0.110. The molecule has 0 bridgehead atoms. The quantitative estimate of drug-likeness (QED) is 0.704. The maximum atomic E-state index is 12.1. The van der Waals surface area contributed by atoms with E-state index >= 15 is 0 Å². The summed E-state index contributed by atoms with van der Waals surface area (Å²) < 4.78 is 5.73. The minimum absolute atomic E-state index is 0.110. The zero-order valence-electron chi connectivity index (χ0n) is 13.0. The molecule has 0 saturated heterocycles. The fraction of sp³-hybridized carbons (Fsp3) is 0.316. The summed E-state index contributed by atoms with van der Waals surface area (Å²) in [4.78, 5) is 12.1. The Balaban J connectivity index is 1.87. The van der Waals surface area contributed by atoms with Crippen LogP contribution in [-0.4, -0.2) is 12.5 Å². The number of ether oxygens (including phenoxy) is 1. The van der Waals surface area contributed by atoms with Gasteiger partial charge in [0.15, 0.2) is 0 Å². The van der Waals surface area contributed by atoms with E-state index in [1.165, 1.54) is 19.3 Å². The first-order chi connectivity index (χ1) is 10.8. The van der Waals surface area contributed by atoms with Crippen LogP contribution in [0.5, 0.6) is 5.75 Å². The summed E-state index contributed by atoms with van der Waals surface area (Å²) >= 11 is 0. The highest BCUT2D eigenvalue weighted by atomic mass is 16.5. The Kier molecular flexibility index (Phi) is 6.49. The molecule has 0 radical (unpaired) electrons.